The molecule has 2 aliphatic rings. The highest BCUT2D eigenvalue weighted by molar-refractivity contribution is 4.87. The van der Waals surface area contributed by atoms with Crippen LogP contribution in [0.1, 0.15) is 40.5 Å². The average molecular weight is 254 g/mol. The summed E-state index contributed by atoms with van der Waals surface area (Å²) in [5, 5.41) is 3.69. The van der Waals surface area contributed by atoms with E-state index in [9.17, 15) is 0 Å². The predicted octanol–water partition coefficient (Wildman–Crippen LogP) is 2.12. The average Bonchev–Trinajstić information content (AvgIpc) is 2.69. The standard InChI is InChI=1S/C15H30N2O/c1-11(2)7-15-10-17(12(3)8-16-15)9-14-5-6-18-13(14)4/h11-16H,5-10H2,1-4H3. The Morgan fingerprint density at radius 3 is 2.72 bits per heavy atom. The molecule has 2 fully saturated rings. The largest absolute Gasteiger partial charge is 0.378 e. The summed E-state index contributed by atoms with van der Waals surface area (Å²) in [7, 11) is 0. The minimum atomic E-state index is 0.454. The summed E-state index contributed by atoms with van der Waals surface area (Å²) in [5.74, 6) is 1.52. The molecule has 0 aromatic carbocycles. The second kappa shape index (κ2) is 6.36. The number of ether oxygens (including phenoxy) is 1. The van der Waals surface area contributed by atoms with Gasteiger partial charge in [-0.25, -0.2) is 0 Å². The molecule has 0 saturated carbocycles. The lowest BCUT2D eigenvalue weighted by Crippen LogP contribution is -2.56. The summed E-state index contributed by atoms with van der Waals surface area (Å²) >= 11 is 0. The molecule has 0 aromatic rings. The van der Waals surface area contributed by atoms with E-state index in [1.165, 1.54) is 25.9 Å². The van der Waals surface area contributed by atoms with Crippen molar-refractivity contribution in [2.75, 3.05) is 26.2 Å². The number of rotatable bonds is 4. The van der Waals surface area contributed by atoms with Crippen LogP contribution in [0, 0.1) is 11.8 Å². The Bertz CT molecular complexity index is 257. The molecule has 0 radical (unpaired) electrons. The minimum Gasteiger partial charge on any atom is -0.378 e. The van der Waals surface area contributed by atoms with E-state index in [1.54, 1.807) is 0 Å². The second-order valence-electron chi connectivity index (χ2n) is 6.66. The first-order valence-electron chi connectivity index (χ1n) is 7.65. The van der Waals surface area contributed by atoms with Crippen molar-refractivity contribution in [1.29, 1.82) is 0 Å². The van der Waals surface area contributed by atoms with Crippen molar-refractivity contribution < 1.29 is 4.74 Å². The van der Waals surface area contributed by atoms with Gasteiger partial charge >= 0.3 is 0 Å². The number of hydrogen-bond donors (Lipinski definition) is 1. The van der Waals surface area contributed by atoms with Gasteiger partial charge in [0.15, 0.2) is 0 Å². The van der Waals surface area contributed by atoms with Crippen LogP contribution in [0.4, 0.5) is 0 Å². The highest BCUT2D eigenvalue weighted by Gasteiger charge is 2.31. The second-order valence-corrected chi connectivity index (χ2v) is 6.66. The highest BCUT2D eigenvalue weighted by Crippen LogP contribution is 2.23. The Labute approximate surface area is 112 Å². The van der Waals surface area contributed by atoms with E-state index in [0.717, 1.165) is 25.0 Å². The molecule has 3 nitrogen and oxygen atoms in total. The molecule has 4 atom stereocenters. The molecule has 0 spiro atoms. The summed E-state index contributed by atoms with van der Waals surface area (Å²) in [6.45, 7) is 13.7. The molecule has 0 aromatic heterocycles. The molecule has 2 heterocycles. The maximum atomic E-state index is 5.69. The lowest BCUT2D eigenvalue weighted by atomic mass is 9.97. The Morgan fingerprint density at radius 1 is 1.33 bits per heavy atom. The zero-order valence-corrected chi connectivity index (χ0v) is 12.5. The van der Waals surface area contributed by atoms with Crippen LogP contribution in [0.3, 0.4) is 0 Å². The first-order valence-corrected chi connectivity index (χ1v) is 7.65. The van der Waals surface area contributed by atoms with Gasteiger partial charge in [0.1, 0.15) is 0 Å². The molecule has 1 N–H and O–H groups in total. The van der Waals surface area contributed by atoms with Gasteiger partial charge in [-0.05, 0) is 38.5 Å². The molecule has 4 unspecified atom stereocenters. The molecule has 18 heavy (non-hydrogen) atoms. The molecule has 3 heteroatoms. The van der Waals surface area contributed by atoms with Crippen LogP contribution in [0.5, 0.6) is 0 Å². The van der Waals surface area contributed by atoms with E-state index in [0.29, 0.717) is 18.2 Å². The van der Waals surface area contributed by atoms with E-state index in [1.807, 2.05) is 0 Å². The maximum absolute atomic E-state index is 5.69. The van der Waals surface area contributed by atoms with Crippen molar-refractivity contribution in [3.8, 4) is 0 Å². The lowest BCUT2D eigenvalue weighted by molar-refractivity contribution is 0.0692. The van der Waals surface area contributed by atoms with Gasteiger partial charge in [0.2, 0.25) is 0 Å². The van der Waals surface area contributed by atoms with E-state index in [2.05, 4.69) is 37.9 Å². The van der Waals surface area contributed by atoms with Crippen molar-refractivity contribution in [3.63, 3.8) is 0 Å². The zero-order valence-electron chi connectivity index (χ0n) is 12.5. The van der Waals surface area contributed by atoms with E-state index in [-0.39, 0.29) is 0 Å². The monoisotopic (exact) mass is 254 g/mol. The van der Waals surface area contributed by atoms with Crippen molar-refractivity contribution in [2.45, 2.75) is 58.7 Å². The zero-order chi connectivity index (χ0) is 13.1. The number of hydrogen-bond acceptors (Lipinski definition) is 3. The molecule has 2 aliphatic heterocycles. The third kappa shape index (κ3) is 3.69. The Hall–Kier alpha value is -0.120. The SMILES string of the molecule is CC(C)CC1CN(CC2CCOC2C)C(C)CN1. The summed E-state index contributed by atoms with van der Waals surface area (Å²) in [5.41, 5.74) is 0. The quantitative estimate of drug-likeness (QED) is 0.832. The Balaban J connectivity index is 1.85. The minimum absolute atomic E-state index is 0.454. The number of piperazine rings is 1. The van der Waals surface area contributed by atoms with Gasteiger partial charge in [0.25, 0.3) is 0 Å². The molecular weight excluding hydrogens is 224 g/mol. The fourth-order valence-corrected chi connectivity index (χ4v) is 3.29. The summed E-state index contributed by atoms with van der Waals surface area (Å²) in [4.78, 5) is 2.68. The van der Waals surface area contributed by atoms with Gasteiger partial charge in [0.05, 0.1) is 6.10 Å². The van der Waals surface area contributed by atoms with Crippen LogP contribution in [0.25, 0.3) is 0 Å². The van der Waals surface area contributed by atoms with Gasteiger partial charge < -0.3 is 10.1 Å². The van der Waals surface area contributed by atoms with Crippen LogP contribution in [0.15, 0.2) is 0 Å². The number of nitrogens with zero attached hydrogens (tertiary/aromatic N) is 1. The van der Waals surface area contributed by atoms with Crippen LogP contribution < -0.4 is 5.32 Å². The molecule has 0 amide bonds. The first kappa shape index (κ1) is 14.3. The Kier molecular flexibility index (Phi) is 5.05. The molecule has 2 rings (SSSR count). The lowest BCUT2D eigenvalue weighted by Gasteiger charge is -2.41. The van der Waals surface area contributed by atoms with E-state index in [4.69, 9.17) is 4.74 Å². The van der Waals surface area contributed by atoms with Gasteiger partial charge in [-0.2, -0.15) is 0 Å². The summed E-state index contributed by atoms with van der Waals surface area (Å²) in [6.07, 6.45) is 2.99. The molecule has 0 aliphatic carbocycles. The van der Waals surface area contributed by atoms with Crippen molar-refractivity contribution in [3.05, 3.63) is 0 Å². The third-order valence-corrected chi connectivity index (χ3v) is 4.54. The van der Waals surface area contributed by atoms with Crippen molar-refractivity contribution >= 4 is 0 Å². The van der Waals surface area contributed by atoms with Gasteiger partial charge in [0, 0.05) is 38.3 Å². The van der Waals surface area contributed by atoms with Crippen molar-refractivity contribution in [2.24, 2.45) is 11.8 Å². The maximum Gasteiger partial charge on any atom is 0.0588 e. The molecule has 0 bridgehead atoms. The molecule has 2 saturated heterocycles. The van der Waals surface area contributed by atoms with Gasteiger partial charge in [-0.1, -0.05) is 13.8 Å². The predicted molar refractivity (Wildman–Crippen MR) is 75.8 cm³/mol. The number of nitrogens with one attached hydrogen (secondary N) is 1. The van der Waals surface area contributed by atoms with Crippen LogP contribution in [-0.2, 0) is 4.74 Å². The highest BCUT2D eigenvalue weighted by atomic mass is 16.5. The summed E-state index contributed by atoms with van der Waals surface area (Å²) < 4.78 is 5.69. The van der Waals surface area contributed by atoms with Crippen LogP contribution >= 0.6 is 0 Å². The van der Waals surface area contributed by atoms with Crippen LogP contribution in [0.2, 0.25) is 0 Å². The summed E-state index contributed by atoms with van der Waals surface area (Å²) in [6, 6.07) is 1.35. The third-order valence-electron chi connectivity index (χ3n) is 4.54. The molecule has 106 valence electrons. The van der Waals surface area contributed by atoms with E-state index < -0.39 is 0 Å². The smallest absolute Gasteiger partial charge is 0.0588 e. The van der Waals surface area contributed by atoms with E-state index >= 15 is 0 Å². The fraction of sp³-hybridized carbons (Fsp3) is 1.00. The topological polar surface area (TPSA) is 24.5 Å². The van der Waals surface area contributed by atoms with Gasteiger partial charge in [-0.15, -0.1) is 0 Å². The first-order chi connectivity index (χ1) is 8.56. The van der Waals surface area contributed by atoms with Gasteiger partial charge in [-0.3, -0.25) is 4.90 Å². The fourth-order valence-electron chi connectivity index (χ4n) is 3.29. The Morgan fingerprint density at radius 2 is 2.11 bits per heavy atom. The van der Waals surface area contributed by atoms with Crippen molar-refractivity contribution in [1.82, 2.24) is 10.2 Å². The normalized spacial score (nSPS) is 38.5. The molecular formula is C15H30N2O. The van der Waals surface area contributed by atoms with Crippen LogP contribution in [-0.4, -0.2) is 49.3 Å².